The molecule has 0 aromatic heterocycles. The van der Waals surface area contributed by atoms with Crippen LogP contribution in [-0.2, 0) is 4.79 Å². The molecule has 2 aromatic rings. The van der Waals surface area contributed by atoms with E-state index in [1.54, 1.807) is 30.3 Å². The number of aryl methyl sites for hydroxylation is 2. The summed E-state index contributed by atoms with van der Waals surface area (Å²) in [6.45, 7) is 4.13. The molecule has 1 N–H and O–H groups in total. The third kappa shape index (κ3) is 4.45. The lowest BCUT2D eigenvalue weighted by Gasteiger charge is -2.08. The highest BCUT2D eigenvalue weighted by Crippen LogP contribution is 2.19. The molecule has 0 aliphatic heterocycles. The number of carbonyl (C=O) groups excluding carboxylic acids is 2. The van der Waals surface area contributed by atoms with Gasteiger partial charge < -0.3 is 10.1 Å². The Morgan fingerprint density at radius 3 is 2.45 bits per heavy atom. The van der Waals surface area contributed by atoms with Crippen LogP contribution in [0, 0.1) is 13.8 Å². The second kappa shape index (κ2) is 7.41. The van der Waals surface area contributed by atoms with Crippen molar-refractivity contribution in [2.75, 3.05) is 6.54 Å². The van der Waals surface area contributed by atoms with Gasteiger partial charge in [0.25, 0.3) is 5.91 Å². The average molecular weight is 297 g/mol. The van der Waals surface area contributed by atoms with E-state index in [9.17, 15) is 9.59 Å². The van der Waals surface area contributed by atoms with E-state index in [1.165, 1.54) is 0 Å². The van der Waals surface area contributed by atoms with Gasteiger partial charge in [0.05, 0.1) is 6.42 Å². The minimum Gasteiger partial charge on any atom is -0.426 e. The van der Waals surface area contributed by atoms with Gasteiger partial charge in [0.1, 0.15) is 5.75 Å². The highest BCUT2D eigenvalue weighted by molar-refractivity contribution is 5.94. The molecule has 0 unspecified atom stereocenters. The van der Waals surface area contributed by atoms with Crippen LogP contribution >= 0.6 is 0 Å². The average Bonchev–Trinajstić information content (AvgIpc) is 2.51. The summed E-state index contributed by atoms with van der Waals surface area (Å²) in [4.78, 5) is 23.6. The minimum absolute atomic E-state index is 0.131. The summed E-state index contributed by atoms with van der Waals surface area (Å²) in [6.07, 6.45) is 0.131. The van der Waals surface area contributed by atoms with Crippen molar-refractivity contribution in [3.8, 4) is 5.75 Å². The maximum atomic E-state index is 11.8. The first-order valence-electron chi connectivity index (χ1n) is 7.17. The van der Waals surface area contributed by atoms with Gasteiger partial charge in [-0.1, -0.05) is 35.9 Å². The fourth-order valence-electron chi connectivity index (χ4n) is 2.06. The van der Waals surface area contributed by atoms with Crippen molar-refractivity contribution < 1.29 is 14.3 Å². The van der Waals surface area contributed by atoms with Crippen LogP contribution < -0.4 is 10.1 Å². The molecule has 2 aromatic carbocycles. The zero-order valence-corrected chi connectivity index (χ0v) is 12.8. The van der Waals surface area contributed by atoms with Crippen LogP contribution in [0.4, 0.5) is 0 Å². The lowest BCUT2D eigenvalue weighted by molar-refractivity contribution is -0.134. The van der Waals surface area contributed by atoms with Gasteiger partial charge in [0.15, 0.2) is 0 Å². The van der Waals surface area contributed by atoms with Gasteiger partial charge in [-0.3, -0.25) is 9.59 Å². The first kappa shape index (κ1) is 15.8. The monoisotopic (exact) mass is 297 g/mol. The molecule has 0 fully saturated rings. The molecule has 0 saturated carbocycles. The fourth-order valence-corrected chi connectivity index (χ4v) is 2.06. The number of rotatable bonds is 5. The van der Waals surface area contributed by atoms with E-state index in [0.29, 0.717) is 11.3 Å². The minimum atomic E-state index is -0.361. The maximum Gasteiger partial charge on any atom is 0.312 e. The van der Waals surface area contributed by atoms with Crippen LogP contribution in [0.5, 0.6) is 5.75 Å². The van der Waals surface area contributed by atoms with Crippen molar-refractivity contribution in [1.82, 2.24) is 5.32 Å². The Hall–Kier alpha value is -2.62. The van der Waals surface area contributed by atoms with Gasteiger partial charge in [0.2, 0.25) is 0 Å². The van der Waals surface area contributed by atoms with Gasteiger partial charge >= 0.3 is 5.97 Å². The molecule has 22 heavy (non-hydrogen) atoms. The zero-order chi connectivity index (χ0) is 15.9. The fraction of sp³-hybridized carbons (Fsp3) is 0.222. The predicted molar refractivity (Wildman–Crippen MR) is 84.9 cm³/mol. The van der Waals surface area contributed by atoms with E-state index >= 15 is 0 Å². The Morgan fingerprint density at radius 2 is 1.77 bits per heavy atom. The Bertz CT molecular complexity index is 665. The third-order valence-electron chi connectivity index (χ3n) is 3.20. The van der Waals surface area contributed by atoms with Crippen LogP contribution in [0.3, 0.4) is 0 Å². The number of amides is 1. The van der Waals surface area contributed by atoms with Crippen molar-refractivity contribution in [3.63, 3.8) is 0 Å². The number of esters is 1. The number of nitrogens with one attached hydrogen (secondary N) is 1. The number of hydrogen-bond acceptors (Lipinski definition) is 3. The number of benzene rings is 2. The van der Waals surface area contributed by atoms with Gasteiger partial charge in [-0.05, 0) is 37.6 Å². The molecular weight excluding hydrogens is 278 g/mol. The summed E-state index contributed by atoms with van der Waals surface area (Å²) in [5, 5.41) is 2.70. The molecule has 4 heteroatoms. The Kier molecular flexibility index (Phi) is 5.31. The normalized spacial score (nSPS) is 10.1. The summed E-state index contributed by atoms with van der Waals surface area (Å²) in [7, 11) is 0. The SMILES string of the molecule is Cc1ccc(OC(=O)CCNC(=O)c2ccccc2)c(C)c1. The van der Waals surface area contributed by atoms with E-state index in [4.69, 9.17) is 4.74 Å². The van der Waals surface area contributed by atoms with Crippen LogP contribution in [0.2, 0.25) is 0 Å². The van der Waals surface area contributed by atoms with Crippen molar-refractivity contribution in [1.29, 1.82) is 0 Å². The van der Waals surface area contributed by atoms with Gasteiger partial charge in [0, 0.05) is 12.1 Å². The number of carbonyl (C=O) groups is 2. The van der Waals surface area contributed by atoms with Crippen LogP contribution in [0.1, 0.15) is 27.9 Å². The van der Waals surface area contributed by atoms with E-state index in [0.717, 1.165) is 11.1 Å². The first-order valence-corrected chi connectivity index (χ1v) is 7.17. The van der Waals surface area contributed by atoms with E-state index < -0.39 is 0 Å². The second-order valence-corrected chi connectivity index (χ2v) is 5.11. The summed E-state index contributed by atoms with van der Waals surface area (Å²) < 4.78 is 5.30. The zero-order valence-electron chi connectivity index (χ0n) is 12.8. The molecule has 0 spiro atoms. The van der Waals surface area contributed by atoms with Crippen LogP contribution in [0.15, 0.2) is 48.5 Å². The highest BCUT2D eigenvalue weighted by Gasteiger charge is 2.09. The molecule has 0 saturated heterocycles. The third-order valence-corrected chi connectivity index (χ3v) is 3.20. The summed E-state index contributed by atoms with van der Waals surface area (Å²) in [5.74, 6) is 0.00483. The molecule has 0 aliphatic carbocycles. The Morgan fingerprint density at radius 1 is 1.05 bits per heavy atom. The summed E-state index contributed by atoms with van der Waals surface area (Å²) in [6, 6.07) is 14.5. The molecule has 4 nitrogen and oxygen atoms in total. The number of hydrogen-bond donors (Lipinski definition) is 1. The molecule has 0 radical (unpaired) electrons. The van der Waals surface area contributed by atoms with Crippen molar-refractivity contribution in [2.24, 2.45) is 0 Å². The lowest BCUT2D eigenvalue weighted by atomic mass is 10.1. The van der Waals surface area contributed by atoms with Gasteiger partial charge in [-0.25, -0.2) is 0 Å². The molecule has 0 atom stereocenters. The van der Waals surface area contributed by atoms with Gasteiger partial charge in [-0.15, -0.1) is 0 Å². The first-order chi connectivity index (χ1) is 10.6. The predicted octanol–water partition coefficient (Wildman–Crippen LogP) is 3.03. The maximum absolute atomic E-state index is 11.8. The largest absolute Gasteiger partial charge is 0.426 e. The summed E-state index contributed by atoms with van der Waals surface area (Å²) >= 11 is 0. The van der Waals surface area contributed by atoms with Crippen molar-refractivity contribution in [2.45, 2.75) is 20.3 Å². The molecular formula is C18H19NO3. The molecule has 1 amide bonds. The van der Waals surface area contributed by atoms with Crippen molar-refractivity contribution >= 4 is 11.9 Å². The highest BCUT2D eigenvalue weighted by atomic mass is 16.5. The van der Waals surface area contributed by atoms with E-state index in [1.807, 2.05) is 32.0 Å². The smallest absolute Gasteiger partial charge is 0.312 e. The Labute approximate surface area is 130 Å². The quantitative estimate of drug-likeness (QED) is 0.682. The molecule has 0 bridgehead atoms. The van der Waals surface area contributed by atoms with E-state index in [-0.39, 0.29) is 24.8 Å². The standard InChI is InChI=1S/C18H19NO3/c1-13-8-9-16(14(2)12-13)22-17(20)10-11-19-18(21)15-6-4-3-5-7-15/h3-9,12H,10-11H2,1-2H3,(H,19,21). The molecule has 114 valence electrons. The lowest BCUT2D eigenvalue weighted by Crippen LogP contribution is -2.27. The Balaban J connectivity index is 1.80. The van der Waals surface area contributed by atoms with Crippen molar-refractivity contribution in [3.05, 3.63) is 65.2 Å². The van der Waals surface area contributed by atoms with Gasteiger partial charge in [-0.2, -0.15) is 0 Å². The summed E-state index contributed by atoms with van der Waals surface area (Å²) in [5.41, 5.74) is 2.61. The van der Waals surface area contributed by atoms with Crippen LogP contribution in [0.25, 0.3) is 0 Å². The number of ether oxygens (including phenoxy) is 1. The topological polar surface area (TPSA) is 55.4 Å². The molecule has 2 rings (SSSR count). The van der Waals surface area contributed by atoms with E-state index in [2.05, 4.69) is 5.32 Å². The molecule has 0 aliphatic rings. The molecule has 0 heterocycles. The second-order valence-electron chi connectivity index (χ2n) is 5.11. The van der Waals surface area contributed by atoms with Crippen LogP contribution in [-0.4, -0.2) is 18.4 Å².